The molecule has 0 saturated heterocycles. The number of nitrogens with one attached hydrogen (secondary N) is 1. The maximum atomic E-state index is 11.5. The Morgan fingerprint density at radius 1 is 1.21 bits per heavy atom. The van der Waals surface area contributed by atoms with E-state index < -0.39 is 9.84 Å². The summed E-state index contributed by atoms with van der Waals surface area (Å²) >= 11 is 0. The molecule has 0 unspecified atom stereocenters. The Morgan fingerprint density at radius 3 is 2.58 bits per heavy atom. The SMILES string of the molecule is CCn1cc(CNc2nnc(-c3ccc(S(C)(=O)=O)cc3)o2)cn1. The number of anilines is 1. The number of rotatable bonds is 6. The smallest absolute Gasteiger partial charge is 0.316 e. The van der Waals surface area contributed by atoms with Gasteiger partial charge >= 0.3 is 6.01 Å². The van der Waals surface area contributed by atoms with Crippen molar-refractivity contribution >= 4 is 15.9 Å². The molecule has 1 N–H and O–H groups in total. The molecule has 3 rings (SSSR count). The molecule has 0 aliphatic rings. The van der Waals surface area contributed by atoms with Crippen LogP contribution in [0.4, 0.5) is 6.01 Å². The van der Waals surface area contributed by atoms with Crippen LogP contribution in [0.15, 0.2) is 46.0 Å². The third-order valence-electron chi connectivity index (χ3n) is 3.41. The monoisotopic (exact) mass is 347 g/mol. The van der Waals surface area contributed by atoms with Crippen molar-refractivity contribution in [3.63, 3.8) is 0 Å². The van der Waals surface area contributed by atoms with Gasteiger partial charge in [-0.15, -0.1) is 5.10 Å². The van der Waals surface area contributed by atoms with Crippen molar-refractivity contribution in [3.8, 4) is 11.5 Å². The van der Waals surface area contributed by atoms with E-state index in [-0.39, 0.29) is 4.90 Å². The summed E-state index contributed by atoms with van der Waals surface area (Å²) in [5.41, 5.74) is 1.66. The van der Waals surface area contributed by atoms with Crippen LogP contribution in [0.1, 0.15) is 12.5 Å². The molecule has 2 aromatic heterocycles. The van der Waals surface area contributed by atoms with Gasteiger partial charge in [0, 0.05) is 36.7 Å². The van der Waals surface area contributed by atoms with Gasteiger partial charge in [-0.3, -0.25) is 4.68 Å². The first kappa shape index (κ1) is 16.2. The van der Waals surface area contributed by atoms with Crippen LogP contribution in [0.3, 0.4) is 0 Å². The first-order valence-corrected chi connectivity index (χ1v) is 9.24. The average Bonchev–Trinajstić information content (AvgIpc) is 3.21. The molecule has 0 radical (unpaired) electrons. The van der Waals surface area contributed by atoms with Gasteiger partial charge in [-0.05, 0) is 31.2 Å². The van der Waals surface area contributed by atoms with Crippen molar-refractivity contribution < 1.29 is 12.8 Å². The fraction of sp³-hybridized carbons (Fsp3) is 0.267. The van der Waals surface area contributed by atoms with Crippen LogP contribution in [0.5, 0.6) is 0 Å². The lowest BCUT2D eigenvalue weighted by Crippen LogP contribution is -1.98. The normalized spacial score (nSPS) is 11.6. The minimum Gasteiger partial charge on any atom is -0.403 e. The highest BCUT2D eigenvalue weighted by molar-refractivity contribution is 7.90. The minimum atomic E-state index is -3.22. The van der Waals surface area contributed by atoms with Crippen LogP contribution < -0.4 is 5.32 Å². The molecular weight excluding hydrogens is 330 g/mol. The largest absolute Gasteiger partial charge is 0.403 e. The number of hydrogen-bond acceptors (Lipinski definition) is 7. The molecule has 126 valence electrons. The fourth-order valence-electron chi connectivity index (χ4n) is 2.10. The zero-order valence-electron chi connectivity index (χ0n) is 13.3. The number of hydrogen-bond donors (Lipinski definition) is 1. The maximum Gasteiger partial charge on any atom is 0.316 e. The Bertz CT molecular complexity index is 928. The Morgan fingerprint density at radius 2 is 1.96 bits per heavy atom. The van der Waals surface area contributed by atoms with Gasteiger partial charge in [-0.25, -0.2) is 8.42 Å². The molecule has 0 aliphatic carbocycles. The topological polar surface area (TPSA) is 103 Å². The van der Waals surface area contributed by atoms with Gasteiger partial charge in [-0.1, -0.05) is 5.10 Å². The second-order valence-corrected chi connectivity index (χ2v) is 7.28. The minimum absolute atomic E-state index is 0.247. The molecule has 0 spiro atoms. The predicted octanol–water partition coefficient (Wildman–Crippen LogP) is 1.97. The Balaban J connectivity index is 1.68. The van der Waals surface area contributed by atoms with E-state index in [1.54, 1.807) is 18.3 Å². The number of benzene rings is 1. The van der Waals surface area contributed by atoms with Crippen LogP contribution in [-0.4, -0.2) is 34.7 Å². The van der Waals surface area contributed by atoms with E-state index in [1.807, 2.05) is 17.8 Å². The molecule has 0 amide bonds. The first-order chi connectivity index (χ1) is 11.5. The maximum absolute atomic E-state index is 11.5. The standard InChI is InChI=1S/C15H17N5O3S/c1-3-20-10-11(9-17-20)8-16-15-19-18-14(23-15)12-4-6-13(7-5-12)24(2,21)22/h4-7,9-10H,3,8H2,1-2H3,(H,16,19). The third-order valence-corrected chi connectivity index (χ3v) is 4.54. The van der Waals surface area contributed by atoms with Crippen LogP contribution in [-0.2, 0) is 22.9 Å². The summed E-state index contributed by atoms with van der Waals surface area (Å²) in [6, 6.07) is 6.60. The number of aryl methyl sites for hydroxylation is 1. The van der Waals surface area contributed by atoms with Gasteiger partial charge in [0.2, 0.25) is 5.89 Å². The van der Waals surface area contributed by atoms with Gasteiger partial charge in [0.15, 0.2) is 9.84 Å². The average molecular weight is 347 g/mol. The summed E-state index contributed by atoms with van der Waals surface area (Å²) in [6.07, 6.45) is 4.88. The van der Waals surface area contributed by atoms with Crippen molar-refractivity contribution in [3.05, 3.63) is 42.2 Å². The summed E-state index contributed by atoms with van der Waals surface area (Å²) in [5.74, 6) is 0.321. The molecule has 0 bridgehead atoms. The summed E-state index contributed by atoms with van der Waals surface area (Å²) in [6.45, 7) is 3.35. The van der Waals surface area contributed by atoms with Crippen molar-refractivity contribution in [2.45, 2.75) is 24.9 Å². The number of sulfone groups is 1. The molecule has 0 fully saturated rings. The molecule has 8 nitrogen and oxygen atoms in total. The fourth-order valence-corrected chi connectivity index (χ4v) is 2.73. The van der Waals surface area contributed by atoms with Crippen LogP contribution in [0.2, 0.25) is 0 Å². The highest BCUT2D eigenvalue weighted by Crippen LogP contribution is 2.21. The van der Waals surface area contributed by atoms with Crippen molar-refractivity contribution in [1.82, 2.24) is 20.0 Å². The van der Waals surface area contributed by atoms with Crippen LogP contribution in [0, 0.1) is 0 Å². The van der Waals surface area contributed by atoms with E-state index in [9.17, 15) is 8.42 Å². The lowest BCUT2D eigenvalue weighted by molar-refractivity contribution is 0.580. The van der Waals surface area contributed by atoms with Gasteiger partial charge in [0.1, 0.15) is 0 Å². The molecule has 9 heteroatoms. The third kappa shape index (κ3) is 3.62. The van der Waals surface area contributed by atoms with E-state index in [1.165, 1.54) is 12.1 Å². The Kier molecular flexibility index (Phi) is 4.34. The first-order valence-electron chi connectivity index (χ1n) is 7.35. The second kappa shape index (κ2) is 6.44. The van der Waals surface area contributed by atoms with E-state index in [0.29, 0.717) is 24.0 Å². The van der Waals surface area contributed by atoms with Crippen molar-refractivity contribution in [2.75, 3.05) is 11.6 Å². The van der Waals surface area contributed by atoms with Crippen LogP contribution in [0.25, 0.3) is 11.5 Å². The van der Waals surface area contributed by atoms with Crippen LogP contribution >= 0.6 is 0 Å². The lowest BCUT2D eigenvalue weighted by atomic mass is 10.2. The van der Waals surface area contributed by atoms with Gasteiger partial charge in [-0.2, -0.15) is 5.10 Å². The predicted molar refractivity (Wildman–Crippen MR) is 88.1 cm³/mol. The van der Waals surface area contributed by atoms with Gasteiger partial charge in [0.25, 0.3) is 0 Å². The summed E-state index contributed by atoms with van der Waals surface area (Å²) in [4.78, 5) is 0.247. The molecule has 0 saturated carbocycles. The van der Waals surface area contributed by atoms with E-state index >= 15 is 0 Å². The summed E-state index contributed by atoms with van der Waals surface area (Å²) in [5, 5.41) is 15.1. The second-order valence-electron chi connectivity index (χ2n) is 5.27. The number of aromatic nitrogens is 4. The Labute approximate surface area is 139 Å². The summed E-state index contributed by atoms with van der Waals surface area (Å²) < 4.78 is 30.3. The summed E-state index contributed by atoms with van der Waals surface area (Å²) in [7, 11) is -3.22. The number of nitrogens with zero attached hydrogens (tertiary/aromatic N) is 4. The zero-order valence-corrected chi connectivity index (χ0v) is 14.1. The molecule has 0 aliphatic heterocycles. The molecular formula is C15H17N5O3S. The lowest BCUT2D eigenvalue weighted by Gasteiger charge is -1.99. The zero-order chi connectivity index (χ0) is 17.2. The highest BCUT2D eigenvalue weighted by Gasteiger charge is 2.11. The molecule has 3 aromatic rings. The molecule has 2 heterocycles. The van der Waals surface area contributed by atoms with Crippen molar-refractivity contribution in [1.29, 1.82) is 0 Å². The van der Waals surface area contributed by atoms with Crippen molar-refractivity contribution in [2.24, 2.45) is 0 Å². The van der Waals surface area contributed by atoms with E-state index in [4.69, 9.17) is 4.42 Å². The molecule has 1 aromatic carbocycles. The van der Waals surface area contributed by atoms with E-state index in [0.717, 1.165) is 18.4 Å². The quantitative estimate of drug-likeness (QED) is 0.727. The van der Waals surface area contributed by atoms with E-state index in [2.05, 4.69) is 20.6 Å². The highest BCUT2D eigenvalue weighted by atomic mass is 32.2. The molecule has 24 heavy (non-hydrogen) atoms. The van der Waals surface area contributed by atoms with Gasteiger partial charge in [0.05, 0.1) is 11.1 Å². The van der Waals surface area contributed by atoms with Gasteiger partial charge < -0.3 is 9.73 Å². The Hall–Kier alpha value is -2.68. The molecule has 0 atom stereocenters.